The fourth-order valence-corrected chi connectivity index (χ4v) is 0. The minimum Gasteiger partial charge on any atom is -0.197 e. The largest absolute Gasteiger partial charge is 0.197 e. The van der Waals surface area contributed by atoms with E-state index in [0.29, 0.717) is 0 Å². The van der Waals surface area contributed by atoms with E-state index in [1.54, 1.807) is 0 Å². The maximum atomic E-state index is 7.83. The Hall–Kier alpha value is 1.81. The summed E-state index contributed by atoms with van der Waals surface area (Å²) >= 11 is 2.83. The molecule has 21 valence electrons. The molecule has 4 heteroatoms. The quantitative estimate of drug-likeness (QED) is 0.536. The van der Waals surface area contributed by atoms with Crippen LogP contribution in [0.25, 0.3) is 0 Å². The molecule has 1 radical (unpaired) electrons. The van der Waals surface area contributed by atoms with E-state index in [1.807, 2.05) is 0 Å². The number of hydrogen-bond acceptors (Lipinski definition) is 2. The Balaban J connectivity index is -0.00000000500. The SMILES string of the molecule is O=S.[Nb].[U]. The summed E-state index contributed by atoms with van der Waals surface area (Å²) in [6.45, 7) is 0. The van der Waals surface area contributed by atoms with Gasteiger partial charge < -0.3 is 0 Å². The summed E-state index contributed by atoms with van der Waals surface area (Å²) in [7, 11) is 0. The van der Waals surface area contributed by atoms with Crippen LogP contribution in [-0.2, 0) is 34.9 Å². The van der Waals surface area contributed by atoms with Crippen LogP contribution in [0, 0.1) is 31.1 Å². The van der Waals surface area contributed by atoms with Crippen molar-refractivity contribution >= 4 is 12.5 Å². The Kier molecular flexibility index (Phi) is 90.6. The van der Waals surface area contributed by atoms with Gasteiger partial charge in [0.15, 0.2) is 12.5 Å². The van der Waals surface area contributed by atoms with E-state index in [0.717, 1.165) is 0 Å². The van der Waals surface area contributed by atoms with E-state index in [1.165, 1.54) is 0 Å². The van der Waals surface area contributed by atoms with Crippen molar-refractivity contribution in [3.05, 3.63) is 0 Å². The molecule has 0 N–H and O–H groups in total. The second-order valence-corrected chi connectivity index (χ2v) is 0. The van der Waals surface area contributed by atoms with E-state index in [4.69, 9.17) is 4.21 Å². The Bertz CT molecular complexity index is 8.00. The van der Waals surface area contributed by atoms with Gasteiger partial charge in [0.25, 0.3) is 0 Å². The van der Waals surface area contributed by atoms with Crippen LogP contribution in [0.2, 0.25) is 0 Å². The summed E-state index contributed by atoms with van der Waals surface area (Å²) in [6, 6.07) is 0. The Morgan fingerprint density at radius 2 is 1.25 bits per heavy atom. The Morgan fingerprint density at radius 3 is 1.25 bits per heavy atom. The molecule has 0 aromatic heterocycles. The number of hydrogen-bond donors (Lipinski definition) is 0. The third-order valence-corrected chi connectivity index (χ3v) is 0. The van der Waals surface area contributed by atoms with Gasteiger partial charge in [-0.1, -0.05) is 0 Å². The molecule has 0 aliphatic heterocycles. The van der Waals surface area contributed by atoms with Gasteiger partial charge in [-0.2, -0.15) is 4.21 Å². The second kappa shape index (κ2) is 21.3. The van der Waals surface area contributed by atoms with Crippen LogP contribution >= 0.6 is 0 Å². The third-order valence-electron chi connectivity index (χ3n) is 0. The molecule has 0 spiro atoms. The zero-order valence-electron chi connectivity index (χ0n) is 1.76. The summed E-state index contributed by atoms with van der Waals surface area (Å²) in [5, 5.41) is 0. The van der Waals surface area contributed by atoms with Crippen molar-refractivity contribution < 1.29 is 57.7 Å². The standard InChI is InChI=1S/Nb.OS.U/c;1-2;. The maximum Gasteiger partial charge on any atom is 0.197 e. The molecule has 0 aliphatic rings. The smallest absolute Gasteiger partial charge is 0.197 e. The molecular formula is NbOSU. The molecule has 0 bridgehead atoms. The molecule has 0 aliphatic carbocycles. The molecule has 0 amide bonds. The molecule has 0 aromatic rings. The normalized spacial score (nSPS) is 1.00. The molecule has 0 aromatic carbocycles. The van der Waals surface area contributed by atoms with E-state index in [9.17, 15) is 0 Å². The minimum absolute atomic E-state index is 0. The van der Waals surface area contributed by atoms with Gasteiger partial charge in [-0.05, 0) is 0 Å². The average Bonchev–Trinajstić information content (AvgIpc) is 1.00. The Morgan fingerprint density at radius 1 is 1.25 bits per heavy atom. The molecule has 0 rings (SSSR count). The van der Waals surface area contributed by atoms with Gasteiger partial charge in [-0.15, -0.1) is 0 Å². The monoisotopic (exact) mass is 379 g/mol. The molecule has 0 saturated carbocycles. The predicted molar refractivity (Wildman–Crippen MR) is 8.14 cm³/mol. The van der Waals surface area contributed by atoms with Gasteiger partial charge >= 0.3 is 0 Å². The first-order valence-electron chi connectivity index (χ1n) is 0.167. The fraction of sp³-hybridized carbons (Fsp3) is 0. The van der Waals surface area contributed by atoms with E-state index in [2.05, 4.69) is 12.5 Å². The average molecular weight is 379 g/mol. The van der Waals surface area contributed by atoms with Crippen molar-refractivity contribution in [3.8, 4) is 0 Å². The van der Waals surface area contributed by atoms with Crippen LogP contribution in [0.15, 0.2) is 0 Å². The summed E-state index contributed by atoms with van der Waals surface area (Å²) in [5.74, 6) is 0. The summed E-state index contributed by atoms with van der Waals surface area (Å²) in [4.78, 5) is 0. The van der Waals surface area contributed by atoms with Gasteiger partial charge in [0.2, 0.25) is 0 Å². The van der Waals surface area contributed by atoms with Crippen molar-refractivity contribution in [3.63, 3.8) is 0 Å². The summed E-state index contributed by atoms with van der Waals surface area (Å²) in [6.07, 6.45) is 0. The van der Waals surface area contributed by atoms with Crippen LogP contribution < -0.4 is 0 Å². The number of rotatable bonds is 0. The van der Waals surface area contributed by atoms with Gasteiger partial charge in [-0.3, -0.25) is 0 Å². The minimum atomic E-state index is 0. The first-order valence-corrected chi connectivity index (χ1v) is 0.500. The molecule has 0 atom stereocenters. The summed E-state index contributed by atoms with van der Waals surface area (Å²) < 4.78 is 7.83. The van der Waals surface area contributed by atoms with Crippen molar-refractivity contribution in [2.24, 2.45) is 0 Å². The first kappa shape index (κ1) is 17.0. The van der Waals surface area contributed by atoms with Crippen molar-refractivity contribution in [2.45, 2.75) is 0 Å². The molecule has 0 unspecified atom stereocenters. The maximum absolute atomic E-state index is 7.83. The van der Waals surface area contributed by atoms with Crippen molar-refractivity contribution in [2.75, 3.05) is 0 Å². The third kappa shape index (κ3) is 9.18. The van der Waals surface area contributed by atoms with E-state index < -0.39 is 0 Å². The zero-order valence-corrected chi connectivity index (χ0v) is 8.94. The van der Waals surface area contributed by atoms with Gasteiger partial charge in [0, 0.05) is 53.5 Å². The first-order chi connectivity index (χ1) is 1.00. The zero-order chi connectivity index (χ0) is 2.00. The molecule has 1 nitrogen and oxygen atoms in total. The van der Waals surface area contributed by atoms with Crippen LogP contribution in [0.1, 0.15) is 0 Å². The van der Waals surface area contributed by atoms with Crippen LogP contribution in [0.4, 0.5) is 0 Å². The van der Waals surface area contributed by atoms with Gasteiger partial charge in [0.05, 0.1) is 0 Å². The Labute approximate surface area is 69.3 Å². The summed E-state index contributed by atoms with van der Waals surface area (Å²) in [5.41, 5.74) is 0. The van der Waals surface area contributed by atoms with Crippen molar-refractivity contribution in [1.82, 2.24) is 0 Å². The predicted octanol–water partition coefficient (Wildman–Crippen LogP) is -0.339. The van der Waals surface area contributed by atoms with Crippen molar-refractivity contribution in [1.29, 1.82) is 0 Å². The molecule has 0 heterocycles. The van der Waals surface area contributed by atoms with Gasteiger partial charge in [-0.25, -0.2) is 0 Å². The van der Waals surface area contributed by atoms with Crippen LogP contribution in [-0.4, -0.2) is 4.21 Å². The molecular weight excluding hydrogens is 379 g/mol. The second-order valence-electron chi connectivity index (χ2n) is 0. The molecule has 0 saturated heterocycles. The fourth-order valence-electron chi connectivity index (χ4n) is 0. The van der Waals surface area contributed by atoms with E-state index in [-0.39, 0.29) is 53.5 Å². The molecule has 0 fully saturated rings. The topological polar surface area (TPSA) is 17.1 Å². The van der Waals surface area contributed by atoms with Crippen LogP contribution in [0.3, 0.4) is 0 Å². The van der Waals surface area contributed by atoms with E-state index >= 15 is 0 Å². The van der Waals surface area contributed by atoms with Gasteiger partial charge in [0.1, 0.15) is 0 Å². The van der Waals surface area contributed by atoms with Crippen LogP contribution in [0.5, 0.6) is 0 Å². The molecule has 4 heavy (non-hydrogen) atoms.